The van der Waals surface area contributed by atoms with Gasteiger partial charge in [0.1, 0.15) is 5.52 Å². The van der Waals surface area contributed by atoms with Crippen LogP contribution in [0.5, 0.6) is 0 Å². The molecule has 118 valence electrons. The van der Waals surface area contributed by atoms with E-state index in [1.54, 1.807) is 18.0 Å². The Morgan fingerprint density at radius 2 is 2.19 bits per heavy atom. The molecule has 21 heavy (non-hydrogen) atoms. The van der Waals surface area contributed by atoms with E-state index in [9.17, 15) is 9.90 Å². The first-order valence-electron chi connectivity index (χ1n) is 7.13. The number of fused-ring (bicyclic) bond motifs is 1. The molecule has 2 rings (SSSR count). The second-order valence-corrected chi connectivity index (χ2v) is 5.32. The van der Waals surface area contributed by atoms with Crippen LogP contribution < -0.4 is 10.9 Å². The van der Waals surface area contributed by atoms with E-state index >= 15 is 0 Å². The van der Waals surface area contributed by atoms with Crippen LogP contribution in [-0.2, 0) is 6.54 Å². The summed E-state index contributed by atoms with van der Waals surface area (Å²) in [5, 5.41) is 12.9. The second-order valence-electron chi connectivity index (χ2n) is 4.34. The summed E-state index contributed by atoms with van der Waals surface area (Å²) < 4.78 is 0. The summed E-state index contributed by atoms with van der Waals surface area (Å²) >= 11 is 1.72. The molecular formula is C14H24N4O2S. The normalized spacial score (nSPS) is 12.0. The van der Waals surface area contributed by atoms with E-state index in [2.05, 4.69) is 20.3 Å². The zero-order chi connectivity index (χ0) is 15.7. The van der Waals surface area contributed by atoms with Gasteiger partial charge in [-0.05, 0) is 18.4 Å². The van der Waals surface area contributed by atoms with Crippen LogP contribution in [0.2, 0.25) is 0 Å². The van der Waals surface area contributed by atoms with E-state index in [4.69, 9.17) is 0 Å². The van der Waals surface area contributed by atoms with E-state index in [0.717, 1.165) is 17.7 Å². The molecule has 1 atom stereocenters. The number of nitrogens with one attached hydrogen (secondary N) is 3. The number of hydrogen-bond acceptors (Lipinski definition) is 5. The van der Waals surface area contributed by atoms with Gasteiger partial charge >= 0.3 is 0 Å². The summed E-state index contributed by atoms with van der Waals surface area (Å²) in [4.78, 5) is 21.1. The quantitative estimate of drug-likeness (QED) is 0.621. The van der Waals surface area contributed by atoms with Gasteiger partial charge in [-0.1, -0.05) is 13.8 Å². The molecule has 0 aromatic carbocycles. The van der Waals surface area contributed by atoms with E-state index in [-0.39, 0.29) is 11.7 Å². The molecule has 1 unspecified atom stereocenters. The predicted molar refractivity (Wildman–Crippen MR) is 88.8 cm³/mol. The summed E-state index contributed by atoms with van der Waals surface area (Å²) in [6.07, 6.45) is 5.63. The lowest BCUT2D eigenvalue weighted by molar-refractivity contribution is 0.168. The molecule has 2 aromatic heterocycles. The average molecular weight is 312 g/mol. The fraction of sp³-hybridized carbons (Fsp3) is 0.571. The van der Waals surface area contributed by atoms with Gasteiger partial charge in [-0.2, -0.15) is 11.8 Å². The second kappa shape index (κ2) is 9.59. The number of H-pyrrole nitrogens is 2. The van der Waals surface area contributed by atoms with Gasteiger partial charge in [-0.15, -0.1) is 0 Å². The number of aliphatic hydroxyl groups is 1. The molecule has 0 aliphatic heterocycles. The molecule has 0 fully saturated rings. The lowest BCUT2D eigenvalue weighted by Crippen LogP contribution is -2.26. The lowest BCUT2D eigenvalue weighted by Gasteiger charge is -2.10. The average Bonchev–Trinajstić information content (AvgIpc) is 2.92. The van der Waals surface area contributed by atoms with Crippen LogP contribution in [0.3, 0.4) is 0 Å². The van der Waals surface area contributed by atoms with Gasteiger partial charge < -0.3 is 20.4 Å². The first-order valence-corrected chi connectivity index (χ1v) is 8.53. The predicted octanol–water partition coefficient (Wildman–Crippen LogP) is 1.48. The molecular weight excluding hydrogens is 288 g/mol. The highest BCUT2D eigenvalue weighted by Crippen LogP contribution is 2.10. The van der Waals surface area contributed by atoms with Crippen molar-refractivity contribution < 1.29 is 5.11 Å². The zero-order valence-electron chi connectivity index (χ0n) is 12.8. The third-order valence-electron chi connectivity index (χ3n) is 2.90. The highest BCUT2D eigenvalue weighted by Gasteiger charge is 2.08. The smallest absolute Gasteiger partial charge is 0.275 e. The van der Waals surface area contributed by atoms with Crippen molar-refractivity contribution in [2.24, 2.45) is 0 Å². The van der Waals surface area contributed by atoms with Gasteiger partial charge in [0.2, 0.25) is 0 Å². The SMILES string of the molecule is CC.CSCCC(O)CNCc1c[nH]c2c(=O)[nH]cnc12. The Kier molecular flexibility index (Phi) is 8.11. The molecule has 2 heterocycles. The number of hydrogen-bond donors (Lipinski definition) is 4. The van der Waals surface area contributed by atoms with Crippen molar-refractivity contribution >= 4 is 22.8 Å². The fourth-order valence-corrected chi connectivity index (χ4v) is 2.38. The summed E-state index contributed by atoms with van der Waals surface area (Å²) in [5.41, 5.74) is 1.92. The van der Waals surface area contributed by atoms with Crippen LogP contribution in [0, 0.1) is 0 Å². The minimum absolute atomic E-state index is 0.170. The van der Waals surface area contributed by atoms with Gasteiger partial charge in [0.15, 0.2) is 0 Å². The number of aromatic nitrogens is 3. The molecule has 7 heteroatoms. The Labute approximate surface area is 128 Å². The van der Waals surface area contributed by atoms with Gasteiger partial charge in [0.05, 0.1) is 17.9 Å². The molecule has 6 nitrogen and oxygen atoms in total. The van der Waals surface area contributed by atoms with Crippen molar-refractivity contribution in [1.82, 2.24) is 20.3 Å². The van der Waals surface area contributed by atoms with Crippen LogP contribution in [0.1, 0.15) is 25.8 Å². The Bertz CT molecular complexity index is 582. The minimum atomic E-state index is -0.339. The molecule has 0 saturated carbocycles. The summed E-state index contributed by atoms with van der Waals surface area (Å²) in [6, 6.07) is 0. The van der Waals surface area contributed by atoms with E-state index < -0.39 is 0 Å². The highest BCUT2D eigenvalue weighted by atomic mass is 32.2. The van der Waals surface area contributed by atoms with E-state index in [1.165, 1.54) is 6.33 Å². The van der Waals surface area contributed by atoms with Crippen molar-refractivity contribution in [3.63, 3.8) is 0 Å². The van der Waals surface area contributed by atoms with Crippen molar-refractivity contribution in [3.8, 4) is 0 Å². The molecule has 0 radical (unpaired) electrons. The maximum Gasteiger partial charge on any atom is 0.275 e. The van der Waals surface area contributed by atoms with Crippen molar-refractivity contribution in [2.75, 3.05) is 18.6 Å². The van der Waals surface area contributed by atoms with Crippen LogP contribution in [-0.4, -0.2) is 44.7 Å². The first kappa shape index (κ1) is 17.7. The lowest BCUT2D eigenvalue weighted by atomic mass is 10.2. The van der Waals surface area contributed by atoms with Gasteiger partial charge in [0.25, 0.3) is 5.56 Å². The number of aliphatic hydroxyl groups excluding tert-OH is 1. The first-order chi connectivity index (χ1) is 10.2. The van der Waals surface area contributed by atoms with Gasteiger partial charge in [-0.3, -0.25) is 4.79 Å². The number of rotatable bonds is 7. The van der Waals surface area contributed by atoms with Crippen molar-refractivity contribution in [1.29, 1.82) is 0 Å². The molecule has 0 spiro atoms. The number of thioether (sulfide) groups is 1. The third kappa shape index (κ3) is 5.18. The molecule has 0 amide bonds. The Morgan fingerprint density at radius 1 is 1.43 bits per heavy atom. The third-order valence-corrected chi connectivity index (χ3v) is 3.54. The minimum Gasteiger partial charge on any atom is -0.392 e. The molecule has 0 saturated heterocycles. The summed E-state index contributed by atoms with van der Waals surface area (Å²) in [5.74, 6) is 0.951. The van der Waals surface area contributed by atoms with Crippen LogP contribution in [0.15, 0.2) is 17.3 Å². The van der Waals surface area contributed by atoms with Gasteiger partial charge in [0, 0.05) is 24.8 Å². The topological polar surface area (TPSA) is 93.8 Å². The standard InChI is InChI=1S/C12H18N4O2S.C2H6/c1-19-3-2-9(17)6-13-4-8-5-14-11-10(8)15-7-16-12(11)18;1-2/h5,7,9,13-14,17H,2-4,6H2,1H3,(H,15,16,18);1-2H3. The number of aromatic amines is 2. The maximum atomic E-state index is 11.5. The highest BCUT2D eigenvalue weighted by molar-refractivity contribution is 7.98. The largest absolute Gasteiger partial charge is 0.392 e. The molecule has 0 aliphatic carbocycles. The van der Waals surface area contributed by atoms with Gasteiger partial charge in [-0.25, -0.2) is 4.98 Å². The molecule has 0 bridgehead atoms. The van der Waals surface area contributed by atoms with Crippen LogP contribution in [0.4, 0.5) is 0 Å². The summed E-state index contributed by atoms with van der Waals surface area (Å²) in [7, 11) is 0. The Hall–Kier alpha value is -1.31. The van der Waals surface area contributed by atoms with Crippen molar-refractivity contribution in [3.05, 3.63) is 28.4 Å². The summed E-state index contributed by atoms with van der Waals surface area (Å²) in [6.45, 7) is 5.11. The molecule has 2 aromatic rings. The fourth-order valence-electron chi connectivity index (χ4n) is 1.87. The van der Waals surface area contributed by atoms with Crippen LogP contribution in [0.25, 0.3) is 11.0 Å². The number of nitrogens with zero attached hydrogens (tertiary/aromatic N) is 1. The molecule has 0 aliphatic rings. The zero-order valence-corrected chi connectivity index (χ0v) is 13.6. The van der Waals surface area contributed by atoms with Crippen LogP contribution >= 0.6 is 11.8 Å². The van der Waals surface area contributed by atoms with Crippen molar-refractivity contribution in [2.45, 2.75) is 32.9 Å². The maximum absolute atomic E-state index is 11.5. The Morgan fingerprint density at radius 3 is 2.90 bits per heavy atom. The van der Waals surface area contributed by atoms with E-state index in [1.807, 2.05) is 20.1 Å². The van der Waals surface area contributed by atoms with E-state index in [0.29, 0.717) is 24.1 Å². The molecule has 4 N–H and O–H groups in total. The monoisotopic (exact) mass is 312 g/mol. The Balaban J connectivity index is 0.00000106.